The third-order valence-corrected chi connectivity index (χ3v) is 4.27. The van der Waals surface area contributed by atoms with Gasteiger partial charge < -0.3 is 14.6 Å². The van der Waals surface area contributed by atoms with E-state index in [0.717, 1.165) is 28.3 Å². The van der Waals surface area contributed by atoms with Crippen molar-refractivity contribution in [3.8, 4) is 0 Å². The van der Waals surface area contributed by atoms with E-state index in [1.165, 1.54) is 0 Å². The summed E-state index contributed by atoms with van der Waals surface area (Å²) < 4.78 is 6.69. The fourth-order valence-electron chi connectivity index (χ4n) is 2.56. The van der Waals surface area contributed by atoms with Crippen molar-refractivity contribution in [1.82, 2.24) is 10.2 Å². The van der Waals surface area contributed by atoms with Crippen LogP contribution in [-0.2, 0) is 4.79 Å². The highest BCUT2D eigenvalue weighted by Crippen LogP contribution is 2.28. The Hall–Kier alpha value is -1.82. The molecule has 0 aliphatic heterocycles. The first-order valence-corrected chi connectivity index (χ1v) is 9.01. The van der Waals surface area contributed by atoms with E-state index in [1.807, 2.05) is 39.0 Å². The lowest BCUT2D eigenvalue weighted by molar-refractivity contribution is -0.121. The Morgan fingerprint density at radius 3 is 2.67 bits per heavy atom. The van der Waals surface area contributed by atoms with Crippen LogP contribution < -0.4 is 5.32 Å². The normalized spacial score (nSPS) is 10.8. The van der Waals surface area contributed by atoms with Crippen LogP contribution in [0.5, 0.6) is 0 Å². The van der Waals surface area contributed by atoms with E-state index < -0.39 is 0 Å². The lowest BCUT2D eigenvalue weighted by Gasteiger charge is -2.20. The summed E-state index contributed by atoms with van der Waals surface area (Å²) >= 11 is 3.43. The van der Waals surface area contributed by atoms with Crippen molar-refractivity contribution in [1.29, 1.82) is 0 Å². The summed E-state index contributed by atoms with van der Waals surface area (Å²) in [5.74, 6) is -0.0803. The van der Waals surface area contributed by atoms with Crippen molar-refractivity contribution in [3.05, 3.63) is 34.0 Å². The third kappa shape index (κ3) is 4.17. The average molecular weight is 395 g/mol. The SMILES string of the molecule is CCCNC(=O)CN(CCC)C(=O)c1oc2ccc(Br)cc2c1C. The molecular formula is C18H23BrN2O3. The molecule has 2 aromatic rings. The van der Waals surface area contributed by atoms with Gasteiger partial charge in [0, 0.05) is 28.5 Å². The fraction of sp³-hybridized carbons (Fsp3) is 0.444. The Bertz CT molecular complexity index is 739. The van der Waals surface area contributed by atoms with Crippen molar-refractivity contribution in [2.75, 3.05) is 19.6 Å². The van der Waals surface area contributed by atoms with E-state index in [-0.39, 0.29) is 18.4 Å². The first kappa shape index (κ1) is 18.5. The highest BCUT2D eigenvalue weighted by Gasteiger charge is 2.24. The van der Waals surface area contributed by atoms with Gasteiger partial charge in [0.1, 0.15) is 5.58 Å². The van der Waals surface area contributed by atoms with Crippen LogP contribution in [0.2, 0.25) is 0 Å². The van der Waals surface area contributed by atoms with Gasteiger partial charge in [-0.3, -0.25) is 9.59 Å². The van der Waals surface area contributed by atoms with Crippen LogP contribution in [0.4, 0.5) is 0 Å². The lowest BCUT2D eigenvalue weighted by atomic mass is 10.1. The molecule has 0 aliphatic rings. The zero-order valence-electron chi connectivity index (χ0n) is 14.3. The molecule has 130 valence electrons. The van der Waals surface area contributed by atoms with Gasteiger partial charge >= 0.3 is 0 Å². The zero-order valence-corrected chi connectivity index (χ0v) is 15.9. The maximum absolute atomic E-state index is 12.9. The molecule has 1 aromatic heterocycles. The second kappa shape index (κ2) is 8.33. The Morgan fingerprint density at radius 2 is 2.00 bits per heavy atom. The molecule has 0 saturated heterocycles. The number of carbonyl (C=O) groups is 2. The molecule has 0 unspecified atom stereocenters. The smallest absolute Gasteiger partial charge is 0.290 e. The fourth-order valence-corrected chi connectivity index (χ4v) is 2.92. The zero-order chi connectivity index (χ0) is 17.7. The first-order valence-electron chi connectivity index (χ1n) is 8.22. The Balaban J connectivity index is 2.26. The number of furan rings is 1. The molecule has 0 aliphatic carbocycles. The summed E-state index contributed by atoms with van der Waals surface area (Å²) in [6, 6.07) is 5.64. The van der Waals surface area contributed by atoms with Crippen LogP contribution in [0, 0.1) is 6.92 Å². The lowest BCUT2D eigenvalue weighted by Crippen LogP contribution is -2.41. The van der Waals surface area contributed by atoms with E-state index >= 15 is 0 Å². The van der Waals surface area contributed by atoms with E-state index in [2.05, 4.69) is 21.2 Å². The number of nitrogens with zero attached hydrogens (tertiary/aromatic N) is 1. The summed E-state index contributed by atoms with van der Waals surface area (Å²) in [4.78, 5) is 26.4. The van der Waals surface area contributed by atoms with Gasteiger partial charge in [-0.2, -0.15) is 0 Å². The highest BCUT2D eigenvalue weighted by molar-refractivity contribution is 9.10. The number of hydrogen-bond acceptors (Lipinski definition) is 3. The maximum Gasteiger partial charge on any atom is 0.290 e. The molecule has 1 heterocycles. The molecule has 0 atom stereocenters. The summed E-state index contributed by atoms with van der Waals surface area (Å²) in [7, 11) is 0. The quantitative estimate of drug-likeness (QED) is 0.774. The van der Waals surface area contributed by atoms with Gasteiger partial charge in [0.05, 0.1) is 6.54 Å². The maximum atomic E-state index is 12.9. The highest BCUT2D eigenvalue weighted by atomic mass is 79.9. The molecule has 0 fully saturated rings. The largest absolute Gasteiger partial charge is 0.451 e. The summed E-state index contributed by atoms with van der Waals surface area (Å²) in [6.45, 7) is 7.01. The van der Waals surface area contributed by atoms with Crippen molar-refractivity contribution >= 4 is 38.7 Å². The Morgan fingerprint density at radius 1 is 1.25 bits per heavy atom. The van der Waals surface area contributed by atoms with Crippen LogP contribution >= 0.6 is 15.9 Å². The number of benzene rings is 1. The Kier molecular flexibility index (Phi) is 6.43. The monoisotopic (exact) mass is 394 g/mol. The number of fused-ring (bicyclic) bond motifs is 1. The number of carbonyl (C=O) groups excluding carboxylic acids is 2. The van der Waals surface area contributed by atoms with Gasteiger partial charge in [-0.05, 0) is 38.0 Å². The number of aryl methyl sites for hydroxylation is 1. The molecule has 0 radical (unpaired) electrons. The summed E-state index contributed by atoms with van der Waals surface area (Å²) in [5, 5.41) is 3.71. The van der Waals surface area contributed by atoms with Gasteiger partial charge in [-0.25, -0.2) is 0 Å². The van der Waals surface area contributed by atoms with Crippen molar-refractivity contribution < 1.29 is 14.0 Å². The third-order valence-electron chi connectivity index (χ3n) is 3.78. The van der Waals surface area contributed by atoms with Crippen LogP contribution in [0.1, 0.15) is 42.8 Å². The number of rotatable bonds is 7. The molecule has 5 nitrogen and oxygen atoms in total. The first-order chi connectivity index (χ1) is 11.5. The standard InChI is InChI=1S/C18H23BrN2O3/c1-4-8-20-16(22)11-21(9-5-2)18(23)17-12(3)14-10-13(19)6-7-15(14)24-17/h6-7,10H,4-5,8-9,11H2,1-3H3,(H,20,22). The second-order valence-electron chi connectivity index (χ2n) is 5.77. The molecule has 2 rings (SSSR count). The molecule has 0 saturated carbocycles. The van der Waals surface area contributed by atoms with Crippen molar-refractivity contribution in [2.24, 2.45) is 0 Å². The Labute approximate surface area is 150 Å². The molecule has 0 spiro atoms. The van der Waals surface area contributed by atoms with Crippen molar-refractivity contribution in [2.45, 2.75) is 33.6 Å². The predicted molar refractivity (Wildman–Crippen MR) is 98.1 cm³/mol. The predicted octanol–water partition coefficient (Wildman–Crippen LogP) is 3.88. The summed E-state index contributed by atoms with van der Waals surface area (Å²) in [6.07, 6.45) is 1.64. The molecule has 1 aromatic carbocycles. The molecule has 0 bridgehead atoms. The van der Waals surface area contributed by atoms with Crippen LogP contribution in [0.25, 0.3) is 11.0 Å². The van der Waals surface area contributed by atoms with E-state index in [9.17, 15) is 9.59 Å². The topological polar surface area (TPSA) is 62.6 Å². The number of nitrogens with one attached hydrogen (secondary N) is 1. The average Bonchev–Trinajstić information content (AvgIpc) is 2.88. The van der Waals surface area contributed by atoms with Crippen molar-refractivity contribution in [3.63, 3.8) is 0 Å². The minimum atomic E-state index is -0.242. The van der Waals surface area contributed by atoms with E-state index in [4.69, 9.17) is 4.42 Å². The molecular weight excluding hydrogens is 372 g/mol. The van der Waals surface area contributed by atoms with Crippen LogP contribution in [-0.4, -0.2) is 36.3 Å². The molecule has 24 heavy (non-hydrogen) atoms. The van der Waals surface area contributed by atoms with Gasteiger partial charge in [0.15, 0.2) is 5.76 Å². The van der Waals surface area contributed by atoms with Gasteiger partial charge in [0.25, 0.3) is 5.91 Å². The minimum Gasteiger partial charge on any atom is -0.451 e. The minimum absolute atomic E-state index is 0.0485. The molecule has 2 amide bonds. The van der Waals surface area contributed by atoms with Crippen LogP contribution in [0.15, 0.2) is 27.1 Å². The number of hydrogen-bond donors (Lipinski definition) is 1. The van der Waals surface area contributed by atoms with Gasteiger partial charge in [-0.15, -0.1) is 0 Å². The molecule has 1 N–H and O–H groups in total. The van der Waals surface area contributed by atoms with Crippen LogP contribution in [0.3, 0.4) is 0 Å². The van der Waals surface area contributed by atoms with E-state index in [1.54, 1.807) is 4.90 Å². The number of halogens is 1. The van der Waals surface area contributed by atoms with Gasteiger partial charge in [0.2, 0.25) is 5.91 Å². The summed E-state index contributed by atoms with van der Waals surface area (Å²) in [5.41, 5.74) is 1.47. The second-order valence-corrected chi connectivity index (χ2v) is 6.69. The molecule has 6 heteroatoms. The number of amides is 2. The van der Waals surface area contributed by atoms with E-state index in [0.29, 0.717) is 24.4 Å². The van der Waals surface area contributed by atoms with Gasteiger partial charge in [-0.1, -0.05) is 29.8 Å².